The molecule has 0 saturated carbocycles. The van der Waals surface area contributed by atoms with E-state index >= 15 is 0 Å². The Morgan fingerprint density at radius 2 is 1.47 bits per heavy atom. The minimum Gasteiger partial charge on any atom is -0.466 e. The second-order valence-electron chi connectivity index (χ2n) is 13.1. The fraction of sp³-hybridized carbons (Fsp3) is 0.342. The topological polar surface area (TPSA) is 37.8 Å². The number of aromatic nitrogens is 1. The van der Waals surface area contributed by atoms with Gasteiger partial charge in [0.05, 0.1) is 5.69 Å². The van der Waals surface area contributed by atoms with Crippen molar-refractivity contribution in [1.29, 1.82) is 0 Å². The van der Waals surface area contributed by atoms with Crippen LogP contribution in [-0.2, 0) is 4.43 Å². The van der Waals surface area contributed by atoms with Crippen molar-refractivity contribution >= 4 is 46.7 Å². The van der Waals surface area contributed by atoms with Crippen LogP contribution in [-0.4, -0.2) is 57.9 Å². The highest BCUT2D eigenvalue weighted by atomic mass is 32.1. The number of fused-ring (bicyclic) bond motifs is 1. The molecule has 2 unspecified atom stereocenters. The molecule has 1 aliphatic rings. The lowest BCUT2D eigenvalue weighted by Gasteiger charge is -2.36. The Balaban J connectivity index is 1.27. The van der Waals surface area contributed by atoms with Crippen LogP contribution in [0.4, 0.5) is 5.82 Å². The van der Waals surface area contributed by atoms with Gasteiger partial charge in [-0.2, -0.15) is 0 Å². The molecule has 3 aromatic carbocycles. The molecule has 1 aliphatic heterocycles. The molecule has 3 heterocycles. The minimum absolute atomic E-state index is 0.00398. The zero-order valence-electron chi connectivity index (χ0n) is 27.1. The average Bonchev–Trinajstić information content (AvgIpc) is 3.56. The Hall–Kier alpha value is -3.49. The van der Waals surface area contributed by atoms with Crippen molar-refractivity contribution in [2.75, 3.05) is 37.6 Å². The molecule has 7 heteroatoms. The van der Waals surface area contributed by atoms with Gasteiger partial charge in [0.1, 0.15) is 11.6 Å². The average molecular weight is 636 g/mol. The Morgan fingerprint density at radius 3 is 2.04 bits per heavy atom. The first kappa shape index (κ1) is 31.5. The van der Waals surface area contributed by atoms with Gasteiger partial charge in [0.15, 0.2) is 6.29 Å². The summed E-state index contributed by atoms with van der Waals surface area (Å²) >= 11 is 1.78. The number of nitrogens with zero attached hydrogens (tertiary/aromatic N) is 3. The van der Waals surface area contributed by atoms with E-state index in [-0.39, 0.29) is 11.3 Å². The maximum absolute atomic E-state index is 7.06. The summed E-state index contributed by atoms with van der Waals surface area (Å²) in [5.41, 5.74) is 2.09. The first-order valence-corrected chi connectivity index (χ1v) is 18.7. The predicted molar refractivity (Wildman–Crippen MR) is 193 cm³/mol. The first-order valence-electron chi connectivity index (χ1n) is 16.2. The second-order valence-corrected chi connectivity index (χ2v) is 16.4. The number of rotatable bonds is 10. The number of hydrogen-bond acceptors (Lipinski definition) is 6. The SMILES string of the molecule is CCN1CCN(c2nc(-c3ccc(OC(O[SiH](c4ccccc4)c4ccccc4)C(C)C(C)(C)C)cc3)cc3sccc23)CC1. The van der Waals surface area contributed by atoms with Gasteiger partial charge >= 0.3 is 0 Å². The fourth-order valence-electron chi connectivity index (χ4n) is 5.85. The normalized spacial score (nSPS) is 15.8. The number of hydrogen-bond donors (Lipinski definition) is 0. The lowest BCUT2D eigenvalue weighted by atomic mass is 9.82. The van der Waals surface area contributed by atoms with Gasteiger partial charge in [0.2, 0.25) is 9.04 Å². The predicted octanol–water partition coefficient (Wildman–Crippen LogP) is 7.05. The van der Waals surface area contributed by atoms with Gasteiger partial charge in [0.25, 0.3) is 0 Å². The molecule has 0 radical (unpaired) electrons. The smallest absolute Gasteiger partial charge is 0.244 e. The van der Waals surface area contributed by atoms with Crippen molar-refractivity contribution < 1.29 is 9.16 Å². The number of anilines is 1. The van der Waals surface area contributed by atoms with E-state index in [0.717, 1.165) is 55.5 Å². The van der Waals surface area contributed by atoms with Gasteiger partial charge in [-0.15, -0.1) is 11.3 Å². The Kier molecular flexibility index (Phi) is 9.71. The van der Waals surface area contributed by atoms with Crippen LogP contribution in [0.5, 0.6) is 5.75 Å². The van der Waals surface area contributed by atoms with Crippen LogP contribution < -0.4 is 20.0 Å². The number of pyridine rings is 1. The molecule has 5 nitrogen and oxygen atoms in total. The van der Waals surface area contributed by atoms with E-state index in [1.54, 1.807) is 11.3 Å². The molecule has 1 fully saturated rings. The summed E-state index contributed by atoms with van der Waals surface area (Å²) in [7, 11) is -2.02. The van der Waals surface area contributed by atoms with E-state index < -0.39 is 15.3 Å². The second kappa shape index (κ2) is 13.9. The molecule has 1 saturated heterocycles. The standard InChI is InChI=1S/C38H45N3O2SSi/c1-6-40-22-24-41(25-23-40)36-33-21-26-44-35(33)27-34(39-36)29-17-19-30(20-18-29)42-37(28(2)38(3,4)5)43-45(31-13-9-7-10-14-31)32-15-11-8-12-16-32/h7-21,26-28,37,45H,6,22-25H2,1-5H3. The van der Waals surface area contributed by atoms with Crippen LogP contribution in [0.3, 0.4) is 0 Å². The summed E-state index contributed by atoms with van der Waals surface area (Å²) in [6, 6.07) is 34.1. The summed E-state index contributed by atoms with van der Waals surface area (Å²) in [6.07, 6.45) is -0.401. The zero-order valence-corrected chi connectivity index (χ0v) is 29.1. The van der Waals surface area contributed by atoms with Gasteiger partial charge in [-0.1, -0.05) is 95.3 Å². The third-order valence-electron chi connectivity index (χ3n) is 9.20. The number of benzene rings is 3. The van der Waals surface area contributed by atoms with E-state index in [1.807, 2.05) is 0 Å². The van der Waals surface area contributed by atoms with Gasteiger partial charge in [-0.05, 0) is 64.1 Å². The first-order chi connectivity index (χ1) is 21.8. The van der Waals surface area contributed by atoms with Crippen molar-refractivity contribution in [2.24, 2.45) is 11.3 Å². The van der Waals surface area contributed by atoms with Gasteiger partial charge < -0.3 is 19.0 Å². The lowest BCUT2D eigenvalue weighted by Crippen LogP contribution is -2.51. The molecule has 0 bridgehead atoms. The van der Waals surface area contributed by atoms with Crippen LogP contribution in [0.25, 0.3) is 21.3 Å². The number of ether oxygens (including phenoxy) is 1. The van der Waals surface area contributed by atoms with Gasteiger partial charge in [-0.25, -0.2) is 4.98 Å². The maximum atomic E-state index is 7.06. The summed E-state index contributed by atoms with van der Waals surface area (Å²) in [4.78, 5) is 10.2. The van der Waals surface area contributed by atoms with Crippen molar-refractivity contribution in [3.05, 3.63) is 102 Å². The molecule has 0 aliphatic carbocycles. The summed E-state index contributed by atoms with van der Waals surface area (Å²) in [6.45, 7) is 16.5. The van der Waals surface area contributed by atoms with Crippen molar-refractivity contribution in [1.82, 2.24) is 9.88 Å². The lowest BCUT2D eigenvalue weighted by molar-refractivity contribution is -0.0688. The zero-order chi connectivity index (χ0) is 31.4. The van der Waals surface area contributed by atoms with E-state index in [1.165, 1.54) is 20.5 Å². The van der Waals surface area contributed by atoms with Gasteiger partial charge in [0, 0.05) is 47.7 Å². The van der Waals surface area contributed by atoms with E-state index in [9.17, 15) is 0 Å². The molecule has 2 aromatic heterocycles. The summed E-state index contributed by atoms with van der Waals surface area (Å²) in [5.74, 6) is 2.06. The molecule has 6 rings (SSSR count). The monoisotopic (exact) mass is 635 g/mol. The highest BCUT2D eigenvalue weighted by molar-refractivity contribution is 7.17. The number of likely N-dealkylation sites (N-methyl/N-ethyl adjacent to an activating group) is 1. The molecule has 0 spiro atoms. The third kappa shape index (κ3) is 7.33. The summed E-state index contributed by atoms with van der Waals surface area (Å²) in [5, 5.41) is 5.92. The molecule has 0 N–H and O–H groups in total. The van der Waals surface area contributed by atoms with Crippen molar-refractivity contribution in [2.45, 2.75) is 40.9 Å². The molecule has 45 heavy (non-hydrogen) atoms. The molecule has 234 valence electrons. The maximum Gasteiger partial charge on any atom is 0.244 e. The Morgan fingerprint density at radius 1 is 0.844 bits per heavy atom. The molecule has 0 amide bonds. The van der Waals surface area contributed by atoms with Crippen LogP contribution in [0, 0.1) is 11.3 Å². The molecular formula is C38H45N3O2SSi. The Bertz CT molecular complexity index is 1620. The molecule has 2 atom stereocenters. The van der Waals surface area contributed by atoms with Crippen molar-refractivity contribution in [3.63, 3.8) is 0 Å². The number of piperazine rings is 1. The quantitative estimate of drug-likeness (QED) is 0.122. The van der Waals surface area contributed by atoms with Crippen molar-refractivity contribution in [3.8, 4) is 17.0 Å². The fourth-order valence-corrected chi connectivity index (χ4v) is 9.07. The third-order valence-corrected chi connectivity index (χ3v) is 12.6. The van der Waals surface area contributed by atoms with Crippen LogP contribution in [0.15, 0.2) is 102 Å². The van der Waals surface area contributed by atoms with Crippen LogP contribution in [0.1, 0.15) is 34.6 Å². The largest absolute Gasteiger partial charge is 0.466 e. The van der Waals surface area contributed by atoms with Crippen LogP contribution >= 0.6 is 11.3 Å². The minimum atomic E-state index is -2.02. The van der Waals surface area contributed by atoms with E-state index in [4.69, 9.17) is 14.1 Å². The van der Waals surface area contributed by atoms with E-state index in [2.05, 4.69) is 147 Å². The Labute approximate surface area is 274 Å². The highest BCUT2D eigenvalue weighted by Gasteiger charge is 2.34. The molecule has 5 aromatic rings. The summed E-state index contributed by atoms with van der Waals surface area (Å²) < 4.78 is 15.1. The van der Waals surface area contributed by atoms with E-state index in [0.29, 0.717) is 0 Å². The molecular weight excluding hydrogens is 591 g/mol. The number of thiophene rings is 1. The van der Waals surface area contributed by atoms with Crippen LogP contribution in [0.2, 0.25) is 0 Å². The van der Waals surface area contributed by atoms with Gasteiger partial charge in [-0.3, -0.25) is 0 Å². The highest BCUT2D eigenvalue weighted by Crippen LogP contribution is 2.35.